The van der Waals surface area contributed by atoms with Crippen LogP contribution in [0.25, 0.3) is 0 Å². The number of halogens is 1. The van der Waals surface area contributed by atoms with Gasteiger partial charge in [0.2, 0.25) is 0 Å². The summed E-state index contributed by atoms with van der Waals surface area (Å²) in [6, 6.07) is 8.37. The van der Waals surface area contributed by atoms with E-state index in [1.165, 1.54) is 10.4 Å². The molecule has 20 heavy (non-hydrogen) atoms. The Morgan fingerprint density at radius 1 is 1.40 bits per heavy atom. The molecule has 0 spiro atoms. The van der Waals surface area contributed by atoms with Crippen LogP contribution in [-0.2, 0) is 24.3 Å². The second kappa shape index (κ2) is 7.88. The van der Waals surface area contributed by atoms with Crippen LogP contribution in [0.4, 0.5) is 0 Å². The van der Waals surface area contributed by atoms with Crippen LogP contribution >= 0.6 is 27.3 Å². The number of rotatable bonds is 7. The van der Waals surface area contributed by atoms with Crippen molar-refractivity contribution in [2.75, 3.05) is 13.7 Å². The number of benzene rings is 1. The van der Waals surface area contributed by atoms with E-state index in [4.69, 9.17) is 9.72 Å². The topological polar surface area (TPSA) is 34.2 Å². The molecule has 0 radical (unpaired) electrons. The molecule has 0 aliphatic rings. The van der Waals surface area contributed by atoms with Gasteiger partial charge in [0.05, 0.1) is 17.3 Å². The summed E-state index contributed by atoms with van der Waals surface area (Å²) < 4.78 is 6.35. The van der Waals surface area contributed by atoms with E-state index in [9.17, 15) is 0 Å². The molecule has 108 valence electrons. The highest BCUT2D eigenvalue weighted by atomic mass is 79.9. The molecule has 5 heteroatoms. The maximum absolute atomic E-state index is 5.24. The van der Waals surface area contributed by atoms with Crippen molar-refractivity contribution >= 4 is 27.3 Å². The minimum atomic E-state index is 0.579. The highest BCUT2D eigenvalue weighted by Gasteiger charge is 2.11. The smallest absolute Gasteiger partial charge is 0.0976 e. The van der Waals surface area contributed by atoms with E-state index in [1.807, 2.05) is 6.07 Å². The molecule has 2 rings (SSSR count). The lowest BCUT2D eigenvalue weighted by Gasteiger charge is -2.00. The van der Waals surface area contributed by atoms with Gasteiger partial charge in [-0.05, 0) is 24.2 Å². The Morgan fingerprint density at radius 2 is 2.25 bits per heavy atom. The zero-order chi connectivity index (χ0) is 14.4. The predicted molar refractivity (Wildman–Crippen MR) is 87.2 cm³/mol. The van der Waals surface area contributed by atoms with Gasteiger partial charge in [0, 0.05) is 29.4 Å². The first-order valence-corrected chi connectivity index (χ1v) is 8.25. The SMILES string of the molecule is CCNCc1sc(Cc2cccc(Br)c2)nc1COC. The molecule has 0 aliphatic carbocycles. The predicted octanol–water partition coefficient (Wildman–Crippen LogP) is 3.75. The molecule has 0 aliphatic heterocycles. The van der Waals surface area contributed by atoms with Gasteiger partial charge in [-0.25, -0.2) is 4.98 Å². The van der Waals surface area contributed by atoms with E-state index >= 15 is 0 Å². The molecule has 1 heterocycles. The Hall–Kier alpha value is -0.750. The van der Waals surface area contributed by atoms with Gasteiger partial charge in [-0.1, -0.05) is 35.0 Å². The van der Waals surface area contributed by atoms with Crippen LogP contribution in [0.3, 0.4) is 0 Å². The fourth-order valence-corrected chi connectivity index (χ4v) is 3.48. The van der Waals surface area contributed by atoms with Crippen LogP contribution in [0, 0.1) is 0 Å². The summed E-state index contributed by atoms with van der Waals surface area (Å²) in [4.78, 5) is 5.99. The fraction of sp³-hybridized carbons (Fsp3) is 0.400. The van der Waals surface area contributed by atoms with E-state index in [0.717, 1.165) is 34.7 Å². The maximum atomic E-state index is 5.24. The number of aromatic nitrogens is 1. The third-order valence-corrected chi connectivity index (χ3v) is 4.47. The zero-order valence-electron chi connectivity index (χ0n) is 11.8. The number of methoxy groups -OCH3 is 1. The molecule has 0 bridgehead atoms. The molecule has 1 aromatic carbocycles. The molecule has 0 unspecified atom stereocenters. The lowest BCUT2D eigenvalue weighted by molar-refractivity contribution is 0.181. The monoisotopic (exact) mass is 354 g/mol. The maximum Gasteiger partial charge on any atom is 0.0976 e. The minimum Gasteiger partial charge on any atom is -0.378 e. The highest BCUT2D eigenvalue weighted by Crippen LogP contribution is 2.23. The van der Waals surface area contributed by atoms with Crippen LogP contribution in [0.5, 0.6) is 0 Å². The van der Waals surface area contributed by atoms with E-state index in [-0.39, 0.29) is 0 Å². The van der Waals surface area contributed by atoms with Crippen molar-refractivity contribution in [2.45, 2.75) is 26.5 Å². The molecular weight excluding hydrogens is 336 g/mol. The third kappa shape index (κ3) is 4.38. The largest absolute Gasteiger partial charge is 0.378 e. The van der Waals surface area contributed by atoms with Crippen LogP contribution in [0.15, 0.2) is 28.7 Å². The van der Waals surface area contributed by atoms with Crippen molar-refractivity contribution in [2.24, 2.45) is 0 Å². The molecule has 0 saturated heterocycles. The van der Waals surface area contributed by atoms with Crippen LogP contribution in [0.2, 0.25) is 0 Å². The lowest BCUT2D eigenvalue weighted by Crippen LogP contribution is -2.12. The second-order valence-electron chi connectivity index (χ2n) is 4.50. The summed E-state index contributed by atoms with van der Waals surface area (Å²) in [5, 5.41) is 4.50. The third-order valence-electron chi connectivity index (χ3n) is 2.88. The quantitative estimate of drug-likeness (QED) is 0.821. The number of nitrogens with zero attached hydrogens (tertiary/aromatic N) is 1. The van der Waals surface area contributed by atoms with Crippen molar-refractivity contribution < 1.29 is 4.74 Å². The average Bonchev–Trinajstić information content (AvgIpc) is 2.79. The summed E-state index contributed by atoms with van der Waals surface area (Å²) in [5.41, 5.74) is 2.33. The average molecular weight is 355 g/mol. The van der Waals surface area contributed by atoms with Gasteiger partial charge in [-0.3, -0.25) is 0 Å². The van der Waals surface area contributed by atoms with E-state index in [1.54, 1.807) is 18.4 Å². The Balaban J connectivity index is 2.15. The summed E-state index contributed by atoms with van der Waals surface area (Å²) >= 11 is 5.28. The molecule has 0 amide bonds. The highest BCUT2D eigenvalue weighted by molar-refractivity contribution is 9.10. The molecule has 1 N–H and O–H groups in total. The van der Waals surface area contributed by atoms with E-state index < -0.39 is 0 Å². The van der Waals surface area contributed by atoms with Crippen molar-refractivity contribution in [3.8, 4) is 0 Å². The molecule has 0 fully saturated rings. The summed E-state index contributed by atoms with van der Waals surface area (Å²) in [6.45, 7) is 4.52. The standard InChI is InChI=1S/C15H19BrN2OS/c1-3-17-9-14-13(10-19-2)18-15(20-14)8-11-5-4-6-12(16)7-11/h4-7,17H,3,8-10H2,1-2H3. The Kier molecular flexibility index (Phi) is 6.16. The minimum absolute atomic E-state index is 0.579. The Morgan fingerprint density at radius 3 is 2.95 bits per heavy atom. The first-order valence-electron chi connectivity index (χ1n) is 6.64. The Bertz CT molecular complexity index is 557. The molecule has 2 aromatic rings. The molecule has 3 nitrogen and oxygen atoms in total. The first kappa shape index (κ1) is 15.6. The summed E-state index contributed by atoms with van der Waals surface area (Å²) in [5.74, 6) is 0. The number of nitrogens with one attached hydrogen (secondary N) is 1. The number of ether oxygens (including phenoxy) is 1. The Labute approximate surface area is 132 Å². The van der Waals surface area contributed by atoms with Crippen LogP contribution < -0.4 is 5.32 Å². The van der Waals surface area contributed by atoms with Gasteiger partial charge in [-0.15, -0.1) is 11.3 Å². The van der Waals surface area contributed by atoms with E-state index in [2.05, 4.69) is 46.4 Å². The first-order chi connectivity index (χ1) is 9.72. The van der Waals surface area contributed by atoms with Gasteiger partial charge in [0.25, 0.3) is 0 Å². The van der Waals surface area contributed by atoms with E-state index in [0.29, 0.717) is 6.61 Å². The van der Waals surface area contributed by atoms with Gasteiger partial charge < -0.3 is 10.1 Å². The lowest BCUT2D eigenvalue weighted by atomic mass is 10.2. The molecule has 0 atom stereocenters. The number of hydrogen-bond acceptors (Lipinski definition) is 4. The number of hydrogen-bond donors (Lipinski definition) is 1. The molecule has 0 saturated carbocycles. The number of thiazole rings is 1. The van der Waals surface area contributed by atoms with Crippen LogP contribution in [0.1, 0.15) is 28.1 Å². The normalized spacial score (nSPS) is 10.9. The van der Waals surface area contributed by atoms with Crippen molar-refractivity contribution in [1.29, 1.82) is 0 Å². The van der Waals surface area contributed by atoms with Crippen molar-refractivity contribution in [3.63, 3.8) is 0 Å². The van der Waals surface area contributed by atoms with Crippen LogP contribution in [-0.4, -0.2) is 18.6 Å². The van der Waals surface area contributed by atoms with Gasteiger partial charge in [-0.2, -0.15) is 0 Å². The summed E-state index contributed by atoms with van der Waals surface area (Å²) in [7, 11) is 1.71. The second-order valence-corrected chi connectivity index (χ2v) is 6.58. The zero-order valence-corrected chi connectivity index (χ0v) is 14.2. The molecule has 1 aromatic heterocycles. The van der Waals surface area contributed by atoms with Crippen molar-refractivity contribution in [3.05, 3.63) is 49.9 Å². The fourth-order valence-electron chi connectivity index (χ4n) is 1.96. The van der Waals surface area contributed by atoms with Crippen molar-refractivity contribution in [1.82, 2.24) is 10.3 Å². The van der Waals surface area contributed by atoms with Gasteiger partial charge in [0.15, 0.2) is 0 Å². The van der Waals surface area contributed by atoms with Gasteiger partial charge in [0.1, 0.15) is 0 Å². The molecular formula is C15H19BrN2OS. The van der Waals surface area contributed by atoms with Gasteiger partial charge >= 0.3 is 0 Å². The summed E-state index contributed by atoms with van der Waals surface area (Å²) in [6.07, 6.45) is 0.868.